The van der Waals surface area contributed by atoms with E-state index in [-0.39, 0.29) is 18.1 Å². The van der Waals surface area contributed by atoms with Crippen LogP contribution in [-0.2, 0) is 9.53 Å². The van der Waals surface area contributed by atoms with Crippen LogP contribution >= 0.6 is 11.3 Å². The number of thiazole rings is 1. The summed E-state index contributed by atoms with van der Waals surface area (Å²) in [6, 6.07) is 10.1. The Hall–Kier alpha value is -1.98. The van der Waals surface area contributed by atoms with Crippen molar-refractivity contribution in [3.05, 3.63) is 58.1 Å². The maximum Gasteiger partial charge on any atom is 0.247 e. The second-order valence-corrected chi connectivity index (χ2v) is 6.95. The summed E-state index contributed by atoms with van der Waals surface area (Å²) in [6.07, 6.45) is 5.21. The van der Waals surface area contributed by atoms with Crippen LogP contribution in [0.25, 0.3) is 6.08 Å². The van der Waals surface area contributed by atoms with Crippen molar-refractivity contribution in [2.45, 2.75) is 26.0 Å². The second-order valence-electron chi connectivity index (χ2n) is 5.69. The van der Waals surface area contributed by atoms with Gasteiger partial charge in [-0.25, -0.2) is 4.98 Å². The zero-order valence-electron chi connectivity index (χ0n) is 13.3. The molecule has 2 heterocycles. The number of carbonyl (C=O) groups is 1. The zero-order valence-corrected chi connectivity index (χ0v) is 14.1. The summed E-state index contributed by atoms with van der Waals surface area (Å²) in [5.74, 6) is 0.0211. The van der Waals surface area contributed by atoms with Crippen LogP contribution in [0.5, 0.6) is 0 Å². The number of hydrogen-bond donors (Lipinski definition) is 0. The molecule has 1 saturated heterocycles. The number of aryl methyl sites for hydroxylation is 1. The predicted molar refractivity (Wildman–Crippen MR) is 92.2 cm³/mol. The minimum Gasteiger partial charge on any atom is -0.370 e. The van der Waals surface area contributed by atoms with Crippen molar-refractivity contribution < 1.29 is 9.53 Å². The Bertz CT molecular complexity index is 696. The number of carbonyl (C=O) groups excluding carboxylic acids is 1. The molecule has 0 saturated carbocycles. The van der Waals surface area contributed by atoms with Crippen molar-refractivity contribution in [3.8, 4) is 0 Å². The van der Waals surface area contributed by atoms with E-state index in [1.54, 1.807) is 23.6 Å². The van der Waals surface area contributed by atoms with Gasteiger partial charge in [0.25, 0.3) is 0 Å². The van der Waals surface area contributed by atoms with E-state index < -0.39 is 0 Å². The van der Waals surface area contributed by atoms with Crippen LogP contribution < -0.4 is 0 Å². The highest BCUT2D eigenvalue weighted by Crippen LogP contribution is 2.25. The van der Waals surface area contributed by atoms with Crippen molar-refractivity contribution in [1.82, 2.24) is 9.88 Å². The molecule has 0 spiro atoms. The maximum absolute atomic E-state index is 12.5. The highest BCUT2D eigenvalue weighted by molar-refractivity contribution is 7.12. The fourth-order valence-electron chi connectivity index (χ4n) is 2.64. The SMILES string of the molecule is Cc1ncc(C=CC(=O)N2CC(c3ccccc3)OCC2C)s1. The summed E-state index contributed by atoms with van der Waals surface area (Å²) in [5, 5.41) is 1.00. The Labute approximate surface area is 140 Å². The summed E-state index contributed by atoms with van der Waals surface area (Å²) < 4.78 is 5.90. The van der Waals surface area contributed by atoms with E-state index >= 15 is 0 Å². The number of benzene rings is 1. The Balaban J connectivity index is 1.69. The van der Waals surface area contributed by atoms with Gasteiger partial charge in [0, 0.05) is 17.2 Å². The predicted octanol–water partition coefficient (Wildman–Crippen LogP) is 3.45. The monoisotopic (exact) mass is 328 g/mol. The third-order valence-corrected chi connectivity index (χ3v) is 4.79. The van der Waals surface area contributed by atoms with Crippen LogP contribution in [0, 0.1) is 6.92 Å². The molecule has 1 amide bonds. The van der Waals surface area contributed by atoms with Gasteiger partial charge in [-0.05, 0) is 25.5 Å². The van der Waals surface area contributed by atoms with Gasteiger partial charge in [-0.2, -0.15) is 0 Å². The van der Waals surface area contributed by atoms with Crippen molar-refractivity contribution in [3.63, 3.8) is 0 Å². The van der Waals surface area contributed by atoms with Crippen LogP contribution in [0.1, 0.15) is 28.5 Å². The van der Waals surface area contributed by atoms with Gasteiger partial charge in [-0.15, -0.1) is 11.3 Å². The van der Waals surface area contributed by atoms with E-state index in [9.17, 15) is 4.79 Å². The van der Waals surface area contributed by atoms with Gasteiger partial charge in [0.15, 0.2) is 0 Å². The second kappa shape index (κ2) is 7.06. The molecule has 2 aromatic rings. The van der Waals surface area contributed by atoms with Gasteiger partial charge < -0.3 is 9.64 Å². The Morgan fingerprint density at radius 3 is 2.87 bits per heavy atom. The molecule has 5 heteroatoms. The lowest BCUT2D eigenvalue weighted by molar-refractivity contribution is -0.139. The van der Waals surface area contributed by atoms with Gasteiger partial charge in [0.1, 0.15) is 6.10 Å². The maximum atomic E-state index is 12.5. The first-order chi connectivity index (χ1) is 11.1. The Morgan fingerprint density at radius 1 is 1.39 bits per heavy atom. The molecule has 0 bridgehead atoms. The van der Waals surface area contributed by atoms with Crippen molar-refractivity contribution in [2.24, 2.45) is 0 Å². The molecular formula is C18H20N2O2S. The van der Waals surface area contributed by atoms with Crippen LogP contribution in [0.4, 0.5) is 0 Å². The van der Waals surface area contributed by atoms with Crippen molar-refractivity contribution >= 4 is 23.3 Å². The number of hydrogen-bond acceptors (Lipinski definition) is 4. The molecule has 1 fully saturated rings. The third kappa shape index (κ3) is 3.86. The van der Waals surface area contributed by atoms with Crippen LogP contribution in [0.15, 0.2) is 42.6 Å². The van der Waals surface area contributed by atoms with Crippen LogP contribution in [-0.4, -0.2) is 35.0 Å². The number of morpholine rings is 1. The summed E-state index contributed by atoms with van der Waals surface area (Å²) in [5.41, 5.74) is 1.11. The first-order valence-electron chi connectivity index (χ1n) is 7.71. The van der Waals surface area contributed by atoms with Gasteiger partial charge in [0.05, 0.1) is 24.2 Å². The lowest BCUT2D eigenvalue weighted by Gasteiger charge is -2.37. The van der Waals surface area contributed by atoms with E-state index in [2.05, 4.69) is 4.98 Å². The number of aromatic nitrogens is 1. The van der Waals surface area contributed by atoms with Crippen molar-refractivity contribution in [2.75, 3.05) is 13.2 Å². The Kier molecular flexibility index (Phi) is 4.88. The summed E-state index contributed by atoms with van der Waals surface area (Å²) in [6.45, 7) is 5.11. The van der Waals surface area contributed by atoms with Gasteiger partial charge >= 0.3 is 0 Å². The first-order valence-corrected chi connectivity index (χ1v) is 8.53. The molecular weight excluding hydrogens is 308 g/mol. The number of rotatable bonds is 3. The highest BCUT2D eigenvalue weighted by atomic mass is 32.1. The molecule has 0 radical (unpaired) electrons. The molecule has 2 atom stereocenters. The van der Waals surface area contributed by atoms with E-state index in [1.807, 2.05) is 55.2 Å². The Morgan fingerprint density at radius 2 is 2.17 bits per heavy atom. The van der Waals surface area contributed by atoms with E-state index in [0.717, 1.165) is 15.4 Å². The van der Waals surface area contributed by atoms with E-state index in [4.69, 9.17) is 4.74 Å². The molecule has 1 aromatic carbocycles. The number of amides is 1. The molecule has 2 unspecified atom stereocenters. The average molecular weight is 328 g/mol. The minimum atomic E-state index is -0.0598. The fraction of sp³-hybridized carbons (Fsp3) is 0.333. The lowest BCUT2D eigenvalue weighted by atomic mass is 10.1. The zero-order chi connectivity index (χ0) is 16.2. The fourth-order valence-corrected chi connectivity index (χ4v) is 3.33. The smallest absolute Gasteiger partial charge is 0.247 e. The average Bonchev–Trinajstić information content (AvgIpc) is 2.99. The van der Waals surface area contributed by atoms with Crippen molar-refractivity contribution in [1.29, 1.82) is 0 Å². The molecule has 3 rings (SSSR count). The summed E-state index contributed by atoms with van der Waals surface area (Å²) in [4.78, 5) is 19.6. The quantitative estimate of drug-likeness (QED) is 0.811. The first kappa shape index (κ1) is 15.9. The summed E-state index contributed by atoms with van der Waals surface area (Å²) >= 11 is 1.58. The molecule has 23 heavy (non-hydrogen) atoms. The molecule has 120 valence electrons. The number of nitrogens with zero attached hydrogens (tertiary/aromatic N) is 2. The highest BCUT2D eigenvalue weighted by Gasteiger charge is 2.29. The normalized spacial score (nSPS) is 21.7. The van der Waals surface area contributed by atoms with Gasteiger partial charge in [-0.1, -0.05) is 30.3 Å². The third-order valence-electron chi connectivity index (χ3n) is 3.92. The molecule has 1 aliphatic heterocycles. The van der Waals surface area contributed by atoms with E-state index in [1.165, 1.54) is 0 Å². The largest absolute Gasteiger partial charge is 0.370 e. The molecule has 0 aliphatic carbocycles. The molecule has 1 aromatic heterocycles. The van der Waals surface area contributed by atoms with Crippen LogP contribution in [0.2, 0.25) is 0 Å². The van der Waals surface area contributed by atoms with Gasteiger partial charge in [0.2, 0.25) is 5.91 Å². The topological polar surface area (TPSA) is 42.4 Å². The molecule has 4 nitrogen and oxygen atoms in total. The molecule has 1 aliphatic rings. The lowest BCUT2D eigenvalue weighted by Crippen LogP contribution is -2.47. The van der Waals surface area contributed by atoms with Gasteiger partial charge in [-0.3, -0.25) is 4.79 Å². The minimum absolute atomic E-state index is 0.0211. The van der Waals surface area contributed by atoms with Crippen LogP contribution in [0.3, 0.4) is 0 Å². The van der Waals surface area contributed by atoms with E-state index in [0.29, 0.717) is 13.2 Å². The summed E-state index contributed by atoms with van der Waals surface area (Å²) in [7, 11) is 0. The number of ether oxygens (including phenoxy) is 1. The molecule has 0 N–H and O–H groups in total. The standard InChI is InChI=1S/C18H20N2O2S/c1-13-12-22-17(15-6-4-3-5-7-15)11-20(13)18(21)9-8-16-10-19-14(2)23-16/h3-10,13,17H,11-12H2,1-2H3.